The third-order valence-electron chi connectivity index (χ3n) is 8.93. The lowest BCUT2D eigenvalue weighted by Gasteiger charge is -2.60. The van der Waals surface area contributed by atoms with Crippen LogP contribution in [0.3, 0.4) is 0 Å². The standard InChI is InChI=1S/C24H32N2O/c1-15-11-17-5-4-6-21(27)24(17,3)20-9-10-23(2)18(7-8-19(23)22(15)20)16-12-25-14-26-13-16/h7,11-15,19-22,27H,4-6,8-10H2,1-3H3/t15-,19+,20+,21?,22+,23-,24+/m1/s1. The SMILES string of the molecule is C[C@@H]1C=C2CCCC(O)[C@]2(C)[C@H]2CC[C@]3(C)C(c4cncnc4)=CC[C@H]3[C@H]12. The zero-order valence-corrected chi connectivity index (χ0v) is 16.9. The average molecular weight is 365 g/mol. The largest absolute Gasteiger partial charge is 0.392 e. The maximum Gasteiger partial charge on any atom is 0.115 e. The van der Waals surface area contributed by atoms with Crippen molar-refractivity contribution in [3.63, 3.8) is 0 Å². The van der Waals surface area contributed by atoms with E-state index < -0.39 is 0 Å². The number of allylic oxidation sites excluding steroid dienone is 3. The second-order valence-electron chi connectivity index (χ2n) is 9.97. The van der Waals surface area contributed by atoms with Crippen LogP contribution >= 0.6 is 0 Å². The van der Waals surface area contributed by atoms with Crippen LogP contribution in [0, 0.1) is 34.5 Å². The van der Waals surface area contributed by atoms with Crippen LogP contribution in [0.1, 0.15) is 64.9 Å². The predicted octanol–water partition coefficient (Wildman–Crippen LogP) is 5.04. The zero-order valence-electron chi connectivity index (χ0n) is 16.9. The van der Waals surface area contributed by atoms with E-state index in [-0.39, 0.29) is 16.9 Å². The molecule has 4 aliphatic carbocycles. The second-order valence-corrected chi connectivity index (χ2v) is 9.97. The first-order chi connectivity index (χ1) is 13.0. The minimum atomic E-state index is -0.168. The Hall–Kier alpha value is -1.48. The van der Waals surface area contributed by atoms with E-state index in [0.29, 0.717) is 23.7 Å². The van der Waals surface area contributed by atoms with Gasteiger partial charge in [-0.25, -0.2) is 9.97 Å². The summed E-state index contributed by atoms with van der Waals surface area (Å²) in [5, 5.41) is 11.1. The van der Waals surface area contributed by atoms with E-state index in [2.05, 4.69) is 42.9 Å². The molecule has 0 spiro atoms. The fourth-order valence-electron chi connectivity index (χ4n) is 7.53. The van der Waals surface area contributed by atoms with Gasteiger partial charge in [-0.2, -0.15) is 0 Å². The summed E-state index contributed by atoms with van der Waals surface area (Å²) in [6.07, 6.45) is 17.3. The van der Waals surface area contributed by atoms with Crippen LogP contribution in [0.2, 0.25) is 0 Å². The molecule has 5 rings (SSSR count). The van der Waals surface area contributed by atoms with Crippen LogP contribution in [-0.4, -0.2) is 21.2 Å². The van der Waals surface area contributed by atoms with Gasteiger partial charge >= 0.3 is 0 Å². The van der Waals surface area contributed by atoms with Gasteiger partial charge in [0.05, 0.1) is 6.10 Å². The third-order valence-corrected chi connectivity index (χ3v) is 8.93. The highest BCUT2D eigenvalue weighted by molar-refractivity contribution is 5.72. The van der Waals surface area contributed by atoms with Crippen LogP contribution in [0.4, 0.5) is 0 Å². The van der Waals surface area contributed by atoms with Crippen LogP contribution < -0.4 is 0 Å². The molecular weight excluding hydrogens is 332 g/mol. The van der Waals surface area contributed by atoms with Gasteiger partial charge in [0.15, 0.2) is 0 Å². The van der Waals surface area contributed by atoms with E-state index >= 15 is 0 Å². The Bertz CT molecular complexity index is 800. The molecule has 0 radical (unpaired) electrons. The van der Waals surface area contributed by atoms with Crippen molar-refractivity contribution in [3.8, 4) is 0 Å². The van der Waals surface area contributed by atoms with Crippen LogP contribution in [-0.2, 0) is 0 Å². The van der Waals surface area contributed by atoms with E-state index in [1.54, 1.807) is 11.9 Å². The molecule has 1 aromatic heterocycles. The molecule has 2 fully saturated rings. The number of aliphatic hydroxyl groups excluding tert-OH is 1. The quantitative estimate of drug-likeness (QED) is 0.710. The van der Waals surface area contributed by atoms with Crippen molar-refractivity contribution in [2.75, 3.05) is 0 Å². The van der Waals surface area contributed by atoms with Gasteiger partial charge < -0.3 is 5.11 Å². The Labute approximate surface area is 163 Å². The molecule has 1 aromatic rings. The average Bonchev–Trinajstić information content (AvgIpc) is 3.02. The molecule has 0 amide bonds. The number of hydrogen-bond donors (Lipinski definition) is 1. The summed E-state index contributed by atoms with van der Waals surface area (Å²) in [5.74, 6) is 2.53. The fourth-order valence-corrected chi connectivity index (χ4v) is 7.53. The first-order valence-electron chi connectivity index (χ1n) is 10.8. The highest BCUT2D eigenvalue weighted by Gasteiger charge is 2.59. The van der Waals surface area contributed by atoms with Crippen molar-refractivity contribution in [1.29, 1.82) is 0 Å². The summed E-state index contributed by atoms with van der Waals surface area (Å²) >= 11 is 0. The Morgan fingerprint density at radius 3 is 2.67 bits per heavy atom. The number of nitrogens with zero attached hydrogens (tertiary/aromatic N) is 2. The molecule has 0 saturated heterocycles. The van der Waals surface area contributed by atoms with E-state index in [4.69, 9.17) is 0 Å². The number of hydrogen-bond acceptors (Lipinski definition) is 3. The molecule has 0 aliphatic heterocycles. The summed E-state index contributed by atoms with van der Waals surface area (Å²) in [7, 11) is 0. The summed E-state index contributed by atoms with van der Waals surface area (Å²) < 4.78 is 0. The maximum atomic E-state index is 11.1. The van der Waals surface area contributed by atoms with Gasteiger partial charge in [-0.15, -0.1) is 0 Å². The molecule has 27 heavy (non-hydrogen) atoms. The molecule has 3 heteroatoms. The molecule has 0 aromatic carbocycles. The van der Waals surface area contributed by atoms with Crippen LogP contribution in [0.25, 0.3) is 5.57 Å². The molecule has 0 bridgehead atoms. The van der Waals surface area contributed by atoms with Crippen molar-refractivity contribution in [2.45, 2.75) is 65.4 Å². The van der Waals surface area contributed by atoms with Crippen LogP contribution in [0.5, 0.6) is 0 Å². The van der Waals surface area contributed by atoms with Crippen molar-refractivity contribution in [3.05, 3.63) is 42.0 Å². The molecule has 3 nitrogen and oxygen atoms in total. The normalized spacial score (nSPS) is 46.0. The summed E-state index contributed by atoms with van der Waals surface area (Å²) in [6, 6.07) is 0. The molecular formula is C24H32N2O. The minimum Gasteiger partial charge on any atom is -0.392 e. The highest BCUT2D eigenvalue weighted by Crippen LogP contribution is 2.67. The Morgan fingerprint density at radius 1 is 1.11 bits per heavy atom. The molecule has 7 atom stereocenters. The Kier molecular flexibility index (Phi) is 3.92. The van der Waals surface area contributed by atoms with Gasteiger partial charge in [-0.05, 0) is 73.2 Å². The van der Waals surface area contributed by atoms with Crippen LogP contribution in [0.15, 0.2) is 36.4 Å². The topological polar surface area (TPSA) is 46.0 Å². The predicted molar refractivity (Wildman–Crippen MR) is 108 cm³/mol. The summed E-state index contributed by atoms with van der Waals surface area (Å²) in [4.78, 5) is 8.55. The molecule has 1 unspecified atom stereocenters. The third kappa shape index (κ3) is 2.30. The first kappa shape index (κ1) is 17.6. The monoisotopic (exact) mass is 364 g/mol. The Morgan fingerprint density at radius 2 is 1.89 bits per heavy atom. The number of rotatable bonds is 1. The molecule has 1 N–H and O–H groups in total. The second kappa shape index (κ2) is 6.01. The van der Waals surface area contributed by atoms with Gasteiger partial charge in [0.1, 0.15) is 6.33 Å². The number of aliphatic hydroxyl groups is 1. The van der Waals surface area contributed by atoms with Crippen molar-refractivity contribution in [2.24, 2.45) is 34.5 Å². The zero-order chi connectivity index (χ0) is 18.8. The highest BCUT2D eigenvalue weighted by atomic mass is 16.3. The van der Waals surface area contributed by atoms with Gasteiger partial charge in [0, 0.05) is 23.4 Å². The van der Waals surface area contributed by atoms with Crippen molar-refractivity contribution >= 4 is 5.57 Å². The Balaban J connectivity index is 1.54. The molecule has 2 saturated carbocycles. The lowest BCUT2D eigenvalue weighted by molar-refractivity contribution is -0.0873. The minimum absolute atomic E-state index is 0.00460. The van der Waals surface area contributed by atoms with E-state index in [1.807, 2.05) is 12.4 Å². The van der Waals surface area contributed by atoms with Gasteiger partial charge in [0.25, 0.3) is 0 Å². The summed E-state index contributed by atoms with van der Waals surface area (Å²) in [6.45, 7) is 7.29. The van der Waals surface area contributed by atoms with E-state index in [0.717, 1.165) is 19.3 Å². The van der Waals surface area contributed by atoms with Gasteiger partial charge in [0.2, 0.25) is 0 Å². The van der Waals surface area contributed by atoms with Crippen molar-refractivity contribution in [1.82, 2.24) is 9.97 Å². The molecule has 144 valence electrons. The van der Waals surface area contributed by atoms with Gasteiger partial charge in [-0.3, -0.25) is 0 Å². The van der Waals surface area contributed by atoms with Gasteiger partial charge in [-0.1, -0.05) is 38.5 Å². The fraction of sp³-hybridized carbons (Fsp3) is 0.667. The van der Waals surface area contributed by atoms with Crippen molar-refractivity contribution < 1.29 is 5.11 Å². The molecule has 4 aliphatic rings. The maximum absolute atomic E-state index is 11.1. The smallest absolute Gasteiger partial charge is 0.115 e. The summed E-state index contributed by atoms with van der Waals surface area (Å²) in [5.41, 5.74) is 4.42. The first-order valence-corrected chi connectivity index (χ1v) is 10.8. The molecule has 1 heterocycles. The lowest BCUT2D eigenvalue weighted by atomic mass is 9.45. The number of fused-ring (bicyclic) bond motifs is 5. The lowest BCUT2D eigenvalue weighted by Crippen LogP contribution is -2.55. The van der Waals surface area contributed by atoms with E-state index in [9.17, 15) is 5.11 Å². The van der Waals surface area contributed by atoms with E-state index in [1.165, 1.54) is 30.4 Å². The number of aromatic nitrogens is 2.